The van der Waals surface area contributed by atoms with Crippen LogP contribution in [0.3, 0.4) is 0 Å². The summed E-state index contributed by atoms with van der Waals surface area (Å²) in [5.41, 5.74) is 4.58. The van der Waals surface area contributed by atoms with Crippen LogP contribution in [0.5, 0.6) is 0 Å². The summed E-state index contributed by atoms with van der Waals surface area (Å²) in [6, 6.07) is 11.5. The molecule has 3 aliphatic heterocycles. The number of ether oxygens (including phenoxy) is 2. The number of nitrogens with zero attached hydrogens (tertiary/aromatic N) is 3. The fourth-order valence-corrected chi connectivity index (χ4v) is 9.68. The average molecular weight is 893 g/mol. The van der Waals surface area contributed by atoms with Crippen LogP contribution in [-0.2, 0) is 59.8 Å². The highest BCUT2D eigenvalue weighted by atomic mass is 32.2. The molecule has 2 N–H and O–H groups in total. The highest BCUT2D eigenvalue weighted by molar-refractivity contribution is 7.86. The average Bonchev–Trinajstić information content (AvgIpc) is 3.71. The number of benzene rings is 3. The van der Waals surface area contributed by atoms with Crippen molar-refractivity contribution in [2.24, 2.45) is 0 Å². The normalized spacial score (nSPS) is 18.0. The van der Waals surface area contributed by atoms with Gasteiger partial charge in [-0.2, -0.15) is 21.4 Å². The van der Waals surface area contributed by atoms with E-state index < -0.39 is 48.8 Å². The first-order valence-corrected chi connectivity index (χ1v) is 23.3. The van der Waals surface area contributed by atoms with Gasteiger partial charge in [0.25, 0.3) is 32.1 Å². The summed E-state index contributed by atoms with van der Waals surface area (Å²) in [7, 11) is -7.32. The number of hydrogen-bond acceptors (Lipinski definition) is 11. The minimum absolute atomic E-state index is 0.0196. The molecule has 332 valence electrons. The van der Waals surface area contributed by atoms with Crippen LogP contribution in [0.2, 0.25) is 0 Å². The van der Waals surface area contributed by atoms with Crippen molar-refractivity contribution in [2.75, 3.05) is 44.9 Å². The van der Waals surface area contributed by atoms with Gasteiger partial charge in [0.1, 0.15) is 6.61 Å². The molecule has 1 fully saturated rings. The number of allylic oxidation sites excluding steroid dienone is 6. The van der Waals surface area contributed by atoms with Crippen LogP contribution in [0, 0.1) is 6.92 Å². The van der Waals surface area contributed by atoms with Gasteiger partial charge < -0.3 is 19.2 Å². The number of imide groups is 1. The zero-order valence-electron chi connectivity index (χ0n) is 35.8. The second-order valence-corrected chi connectivity index (χ2v) is 19.5. The standard InChI is InChI=1S/C45H53N3O12S2/c1-30-27-32(62(55,56)57)28-34-33(30)17-19-37-43(34)45(4,5)39(47(37)23-24-59-26-25-58-6)14-10-7-9-13-38-44(2,3)35-29-31(61(52,53)54)16-18-36(35)46(38)22-12-8-11-15-42(51)60-48-40(49)20-21-41(48)50/h7,9-10,13-14,16-19,27-29H,8,11-12,15,20-26H2,1-6H3,(H-,52,53,54,55,56,57)/p+1. The van der Waals surface area contributed by atoms with Gasteiger partial charge in [0.05, 0.1) is 28.4 Å². The summed E-state index contributed by atoms with van der Waals surface area (Å²) in [6.45, 7) is 12.2. The number of rotatable bonds is 18. The zero-order chi connectivity index (χ0) is 45.2. The van der Waals surface area contributed by atoms with Crippen LogP contribution in [0.25, 0.3) is 10.8 Å². The first-order valence-electron chi connectivity index (χ1n) is 20.5. The number of unbranched alkanes of at least 4 members (excludes halogenated alkanes) is 2. The van der Waals surface area contributed by atoms with Gasteiger partial charge in [0.2, 0.25) is 5.69 Å². The first-order chi connectivity index (χ1) is 29.2. The molecule has 0 aliphatic carbocycles. The summed E-state index contributed by atoms with van der Waals surface area (Å²) in [5, 5.41) is 2.15. The number of anilines is 1. The number of methoxy groups -OCH3 is 1. The van der Waals surface area contributed by atoms with E-state index in [4.69, 9.17) is 14.3 Å². The third kappa shape index (κ3) is 9.62. The Bertz CT molecular complexity index is 2630. The largest absolute Gasteiger partial charge is 0.382 e. The summed E-state index contributed by atoms with van der Waals surface area (Å²) < 4.78 is 82.0. The van der Waals surface area contributed by atoms with E-state index in [1.807, 2.05) is 63.3 Å². The van der Waals surface area contributed by atoms with E-state index in [0.29, 0.717) is 57.2 Å². The Kier molecular flexibility index (Phi) is 13.8. The lowest BCUT2D eigenvalue weighted by molar-refractivity contribution is -0.442. The van der Waals surface area contributed by atoms with Crippen LogP contribution in [0.15, 0.2) is 88.3 Å². The quantitative estimate of drug-likeness (QED) is 0.0454. The van der Waals surface area contributed by atoms with Crippen LogP contribution >= 0.6 is 0 Å². The van der Waals surface area contributed by atoms with Gasteiger partial charge >= 0.3 is 5.97 Å². The van der Waals surface area contributed by atoms with Gasteiger partial charge in [-0.1, -0.05) is 38.5 Å². The molecule has 0 radical (unpaired) electrons. The molecular weight excluding hydrogens is 839 g/mol. The Morgan fingerprint density at radius 3 is 2.21 bits per heavy atom. The highest BCUT2D eigenvalue weighted by Crippen LogP contribution is 2.49. The molecule has 3 heterocycles. The summed E-state index contributed by atoms with van der Waals surface area (Å²) in [6.07, 6.45) is 11.5. The number of hydrogen-bond donors (Lipinski definition) is 2. The number of fused-ring (bicyclic) bond motifs is 4. The lowest BCUT2D eigenvalue weighted by atomic mass is 9.78. The van der Waals surface area contributed by atoms with Gasteiger partial charge in [-0.05, 0) is 98.0 Å². The van der Waals surface area contributed by atoms with Crippen molar-refractivity contribution in [3.63, 3.8) is 0 Å². The van der Waals surface area contributed by atoms with Gasteiger partial charge in [0.15, 0.2) is 12.3 Å². The fourth-order valence-electron chi connectivity index (χ4n) is 8.58. The van der Waals surface area contributed by atoms with Crippen LogP contribution < -0.4 is 4.90 Å². The Morgan fingerprint density at radius 2 is 1.53 bits per heavy atom. The number of carbonyl (C=O) groups is 3. The van der Waals surface area contributed by atoms with Crippen molar-refractivity contribution in [2.45, 2.75) is 93.8 Å². The van der Waals surface area contributed by atoms with E-state index in [2.05, 4.69) is 23.3 Å². The molecule has 62 heavy (non-hydrogen) atoms. The molecule has 2 amide bonds. The molecule has 15 nitrogen and oxygen atoms in total. The molecule has 0 aromatic heterocycles. The maximum atomic E-state index is 12.4. The minimum Gasteiger partial charge on any atom is -0.382 e. The predicted molar refractivity (Wildman–Crippen MR) is 233 cm³/mol. The van der Waals surface area contributed by atoms with E-state index in [9.17, 15) is 40.3 Å². The Balaban J connectivity index is 1.27. The van der Waals surface area contributed by atoms with Crippen LogP contribution in [-0.4, -0.2) is 99.1 Å². The number of amides is 2. The van der Waals surface area contributed by atoms with E-state index >= 15 is 0 Å². The van der Waals surface area contributed by atoms with Gasteiger partial charge in [-0.3, -0.25) is 18.7 Å². The molecule has 0 spiro atoms. The lowest BCUT2D eigenvalue weighted by Crippen LogP contribution is -2.32. The van der Waals surface area contributed by atoms with Gasteiger partial charge in [-0.25, -0.2) is 4.79 Å². The molecule has 0 unspecified atom stereocenters. The topological polar surface area (TPSA) is 197 Å². The molecule has 3 aromatic carbocycles. The van der Waals surface area contributed by atoms with Crippen LogP contribution in [0.4, 0.5) is 11.4 Å². The Labute approximate surface area is 362 Å². The molecule has 1 saturated heterocycles. The number of carbonyl (C=O) groups excluding carboxylic acids is 3. The van der Waals surface area contributed by atoms with Gasteiger partial charge in [0, 0.05) is 67.4 Å². The second-order valence-electron chi connectivity index (χ2n) is 16.6. The fraction of sp³-hybridized carbons (Fsp3) is 0.422. The molecule has 6 rings (SSSR count). The predicted octanol–water partition coefficient (Wildman–Crippen LogP) is 6.64. The van der Waals surface area contributed by atoms with Crippen molar-refractivity contribution in [1.29, 1.82) is 0 Å². The van der Waals surface area contributed by atoms with Crippen molar-refractivity contribution in [3.8, 4) is 0 Å². The van der Waals surface area contributed by atoms with Gasteiger partial charge in [-0.15, -0.1) is 5.06 Å². The third-order valence-corrected chi connectivity index (χ3v) is 13.4. The van der Waals surface area contributed by atoms with E-state index in [1.165, 1.54) is 24.3 Å². The summed E-state index contributed by atoms with van der Waals surface area (Å²) in [5.74, 6) is -1.72. The lowest BCUT2D eigenvalue weighted by Gasteiger charge is -2.27. The van der Waals surface area contributed by atoms with Crippen LogP contribution in [0.1, 0.15) is 82.9 Å². The first kappa shape index (κ1) is 46.5. The maximum absolute atomic E-state index is 12.4. The smallest absolute Gasteiger partial charge is 0.333 e. The monoisotopic (exact) mass is 892 g/mol. The third-order valence-electron chi connectivity index (χ3n) is 11.7. The summed E-state index contributed by atoms with van der Waals surface area (Å²) >= 11 is 0. The van der Waals surface area contributed by atoms with E-state index in [1.54, 1.807) is 13.2 Å². The van der Waals surface area contributed by atoms with Crippen molar-refractivity contribution >= 4 is 65.9 Å². The number of aryl methyl sites for hydroxylation is 1. The van der Waals surface area contributed by atoms with E-state index in [0.717, 1.165) is 50.2 Å². The van der Waals surface area contributed by atoms with Crippen molar-refractivity contribution in [3.05, 3.63) is 95.2 Å². The van der Waals surface area contributed by atoms with Crippen molar-refractivity contribution in [1.82, 2.24) is 5.06 Å². The maximum Gasteiger partial charge on any atom is 0.333 e. The molecule has 3 aromatic rings. The SMILES string of the molecule is COCCOCC[N+]1=C(/C=C/C=C/C=C2/N(CCCCCC(=O)ON3C(=O)CCC3=O)c3ccc(S(=O)(=O)O)cc3C2(C)C)C(C)(C)c2c1ccc1c(C)cc(S(=O)(=O)O)cc21. The Hall–Kier alpha value is -5.04. The molecular formula is C45H54N3O12S2+. The second kappa shape index (κ2) is 18.4. The highest BCUT2D eigenvalue weighted by Gasteiger charge is 2.46. The Morgan fingerprint density at radius 1 is 0.823 bits per heavy atom. The minimum atomic E-state index is -4.47. The number of hydroxylamine groups is 2. The molecule has 17 heteroatoms. The van der Waals surface area contributed by atoms with Crippen molar-refractivity contribution < 1.29 is 59.2 Å². The molecule has 0 atom stereocenters. The van der Waals surface area contributed by atoms with E-state index in [-0.39, 0.29) is 29.1 Å². The molecule has 0 bridgehead atoms. The molecule has 0 saturated carbocycles. The zero-order valence-corrected chi connectivity index (χ0v) is 37.5. The molecule has 3 aliphatic rings. The summed E-state index contributed by atoms with van der Waals surface area (Å²) in [4.78, 5) is 42.7.